The number of benzene rings is 1. The van der Waals surface area contributed by atoms with Crippen LogP contribution in [0.3, 0.4) is 0 Å². The molecule has 2 bridgehead atoms. The Morgan fingerprint density at radius 1 is 1.26 bits per heavy atom. The fraction of sp³-hybridized carbons (Fsp3) is 0.600. The number of rotatable bonds is 4. The number of fused-ring (bicyclic) bond motifs is 2. The van der Waals surface area contributed by atoms with Crippen molar-refractivity contribution in [2.24, 2.45) is 0 Å². The number of aliphatic hydroxyl groups is 1. The molecule has 0 saturated carbocycles. The van der Waals surface area contributed by atoms with E-state index in [1.165, 1.54) is 6.07 Å². The van der Waals surface area contributed by atoms with Gasteiger partial charge in [-0.3, -0.25) is 4.21 Å². The molecule has 2 fully saturated rings. The van der Waals surface area contributed by atoms with E-state index < -0.39 is 34.7 Å². The zero-order chi connectivity index (χ0) is 16.8. The van der Waals surface area contributed by atoms with Crippen LogP contribution in [0.5, 0.6) is 5.75 Å². The van der Waals surface area contributed by atoms with Crippen LogP contribution in [-0.4, -0.2) is 32.3 Å². The van der Waals surface area contributed by atoms with Crippen LogP contribution in [0.4, 0.5) is 17.6 Å². The number of ether oxygens (including phenoxy) is 1. The lowest BCUT2D eigenvalue weighted by atomic mass is 9.86. The van der Waals surface area contributed by atoms with Crippen molar-refractivity contribution in [1.29, 1.82) is 0 Å². The largest absolute Gasteiger partial charge is 0.461 e. The molecule has 0 aromatic heterocycles. The summed E-state index contributed by atoms with van der Waals surface area (Å²) in [5, 5.41) is 10.6. The highest BCUT2D eigenvalue weighted by Gasteiger charge is 2.49. The van der Waals surface area contributed by atoms with Gasteiger partial charge in [-0.2, -0.15) is 17.6 Å². The molecule has 2 atom stereocenters. The second kappa shape index (κ2) is 5.73. The molecule has 0 aliphatic carbocycles. The summed E-state index contributed by atoms with van der Waals surface area (Å²) in [5.74, 6) is -0.430. The second-order valence-electron chi connectivity index (χ2n) is 6.08. The predicted molar refractivity (Wildman–Crippen MR) is 76.1 cm³/mol. The van der Waals surface area contributed by atoms with Crippen molar-refractivity contribution in [2.45, 2.75) is 54.3 Å². The third-order valence-electron chi connectivity index (χ3n) is 4.48. The van der Waals surface area contributed by atoms with Crippen molar-refractivity contribution < 1.29 is 31.6 Å². The minimum absolute atomic E-state index is 0.120. The van der Waals surface area contributed by atoms with E-state index in [4.69, 9.17) is 0 Å². The van der Waals surface area contributed by atoms with Crippen LogP contribution in [0.2, 0.25) is 0 Å². The summed E-state index contributed by atoms with van der Waals surface area (Å²) in [6.07, 6.45) is -6.47. The lowest BCUT2D eigenvalue weighted by Crippen LogP contribution is -2.40. The van der Waals surface area contributed by atoms with Gasteiger partial charge in [-0.1, -0.05) is 12.1 Å². The summed E-state index contributed by atoms with van der Waals surface area (Å²) in [5.41, 5.74) is -0.965. The monoisotopic (exact) mass is 352 g/mol. The van der Waals surface area contributed by atoms with Crippen LogP contribution >= 0.6 is 0 Å². The van der Waals surface area contributed by atoms with Gasteiger partial charge in [-0.15, -0.1) is 0 Å². The Kier molecular flexibility index (Phi) is 4.16. The average molecular weight is 352 g/mol. The summed E-state index contributed by atoms with van der Waals surface area (Å²) in [6.45, 7) is 0. The van der Waals surface area contributed by atoms with E-state index in [0.29, 0.717) is 5.56 Å². The van der Waals surface area contributed by atoms with Gasteiger partial charge in [0.05, 0.1) is 5.60 Å². The molecule has 2 unspecified atom stereocenters. The van der Waals surface area contributed by atoms with Gasteiger partial charge in [0.1, 0.15) is 5.75 Å². The zero-order valence-corrected chi connectivity index (χ0v) is 12.9. The fourth-order valence-corrected chi connectivity index (χ4v) is 5.53. The Morgan fingerprint density at radius 3 is 2.43 bits per heavy atom. The van der Waals surface area contributed by atoms with Gasteiger partial charge in [0.25, 0.3) is 0 Å². The first-order valence-corrected chi connectivity index (χ1v) is 8.56. The topological polar surface area (TPSA) is 46.5 Å². The van der Waals surface area contributed by atoms with E-state index in [1.54, 1.807) is 6.07 Å². The molecule has 2 aliphatic rings. The van der Waals surface area contributed by atoms with E-state index in [9.17, 15) is 26.9 Å². The SMILES string of the molecule is O=S1C2CCC1CC(O)(c1cccc(OC(F)(F)C(F)F)c1)C2. The number of hydrogen-bond acceptors (Lipinski definition) is 3. The molecular weight excluding hydrogens is 336 g/mol. The smallest absolute Gasteiger partial charge is 0.428 e. The Morgan fingerprint density at radius 2 is 1.87 bits per heavy atom. The van der Waals surface area contributed by atoms with E-state index in [-0.39, 0.29) is 23.3 Å². The molecule has 0 amide bonds. The molecule has 1 aromatic carbocycles. The van der Waals surface area contributed by atoms with Gasteiger partial charge in [-0.05, 0) is 43.4 Å². The number of halogens is 4. The Bertz CT molecular complexity index is 606. The van der Waals surface area contributed by atoms with Crippen LogP contribution in [0.15, 0.2) is 24.3 Å². The standard InChI is InChI=1S/C15H16F4O3S/c16-13(17)15(18,19)22-10-3-1-2-9(6-10)14(20)7-11-4-5-12(8-14)23(11)21/h1-3,6,11-13,20H,4-5,7-8H2. The maximum atomic E-state index is 13.0. The Labute approximate surface area is 133 Å². The predicted octanol–water partition coefficient (Wildman–Crippen LogP) is 3.18. The molecule has 23 heavy (non-hydrogen) atoms. The Balaban J connectivity index is 1.84. The van der Waals surface area contributed by atoms with Crippen molar-refractivity contribution in [3.63, 3.8) is 0 Å². The van der Waals surface area contributed by atoms with Gasteiger partial charge in [0.2, 0.25) is 0 Å². The molecule has 2 heterocycles. The highest BCUT2D eigenvalue weighted by Crippen LogP contribution is 2.46. The first-order valence-electron chi connectivity index (χ1n) is 7.28. The van der Waals surface area contributed by atoms with Crippen molar-refractivity contribution in [1.82, 2.24) is 0 Å². The lowest BCUT2D eigenvalue weighted by Gasteiger charge is -2.36. The summed E-state index contributed by atoms with van der Waals surface area (Å²) in [4.78, 5) is 0. The minimum Gasteiger partial charge on any atom is -0.428 e. The van der Waals surface area contributed by atoms with Gasteiger partial charge >= 0.3 is 12.5 Å². The van der Waals surface area contributed by atoms with E-state index >= 15 is 0 Å². The van der Waals surface area contributed by atoms with Gasteiger partial charge in [0.15, 0.2) is 0 Å². The Hall–Kier alpha value is -1.15. The lowest BCUT2D eigenvalue weighted by molar-refractivity contribution is -0.253. The van der Waals surface area contributed by atoms with Crippen LogP contribution in [0.25, 0.3) is 0 Å². The van der Waals surface area contributed by atoms with E-state index in [0.717, 1.165) is 25.0 Å². The molecular formula is C15H16F4O3S. The third kappa shape index (κ3) is 3.10. The van der Waals surface area contributed by atoms with Crippen LogP contribution in [-0.2, 0) is 16.4 Å². The van der Waals surface area contributed by atoms with Crippen molar-refractivity contribution in [3.05, 3.63) is 29.8 Å². The normalized spacial score (nSPS) is 33.9. The first kappa shape index (κ1) is 16.7. The number of hydrogen-bond donors (Lipinski definition) is 1. The quantitative estimate of drug-likeness (QED) is 0.847. The van der Waals surface area contributed by atoms with Crippen molar-refractivity contribution in [2.75, 3.05) is 0 Å². The molecule has 2 saturated heterocycles. The van der Waals surface area contributed by atoms with Crippen LogP contribution < -0.4 is 4.74 Å². The highest BCUT2D eigenvalue weighted by molar-refractivity contribution is 7.86. The van der Waals surface area contributed by atoms with Gasteiger partial charge in [0, 0.05) is 21.3 Å². The minimum atomic E-state index is -4.59. The summed E-state index contributed by atoms with van der Waals surface area (Å²) in [6, 6.07) is 5.21. The zero-order valence-electron chi connectivity index (χ0n) is 12.1. The molecule has 1 N–H and O–H groups in total. The maximum absolute atomic E-state index is 13.0. The van der Waals surface area contributed by atoms with E-state index in [2.05, 4.69) is 4.74 Å². The molecule has 0 spiro atoms. The third-order valence-corrected chi connectivity index (χ3v) is 6.60. The van der Waals surface area contributed by atoms with Crippen molar-refractivity contribution >= 4 is 10.8 Å². The summed E-state index contributed by atoms with van der Waals surface area (Å²) >= 11 is 0. The van der Waals surface area contributed by atoms with Crippen molar-refractivity contribution in [3.8, 4) is 5.75 Å². The highest BCUT2D eigenvalue weighted by atomic mass is 32.2. The van der Waals surface area contributed by atoms with Crippen LogP contribution in [0.1, 0.15) is 31.2 Å². The van der Waals surface area contributed by atoms with Gasteiger partial charge in [-0.25, -0.2) is 0 Å². The molecule has 2 aliphatic heterocycles. The molecule has 128 valence electrons. The summed E-state index contributed by atoms with van der Waals surface area (Å²) in [7, 11) is -0.977. The van der Waals surface area contributed by atoms with Crippen LogP contribution in [0, 0.1) is 0 Å². The molecule has 1 aromatic rings. The molecule has 0 radical (unpaired) electrons. The maximum Gasteiger partial charge on any atom is 0.461 e. The average Bonchev–Trinajstić information content (AvgIpc) is 2.70. The fourth-order valence-electron chi connectivity index (χ4n) is 3.37. The molecule has 3 rings (SSSR count). The number of alkyl halides is 4. The first-order chi connectivity index (χ1) is 10.7. The molecule has 3 nitrogen and oxygen atoms in total. The van der Waals surface area contributed by atoms with Gasteiger partial charge < -0.3 is 9.84 Å². The van der Waals surface area contributed by atoms with E-state index in [1.807, 2.05) is 0 Å². The second-order valence-corrected chi connectivity index (χ2v) is 8.07. The summed E-state index contributed by atoms with van der Waals surface area (Å²) < 4.78 is 66.6. The molecule has 8 heteroatoms.